The average Bonchev–Trinajstić information content (AvgIpc) is 2.95. The molecule has 0 aliphatic rings. The zero-order valence-corrected chi connectivity index (χ0v) is 17.1. The Bertz CT molecular complexity index is 1120. The second kappa shape index (κ2) is 8.15. The molecule has 1 heterocycles. The summed E-state index contributed by atoms with van der Waals surface area (Å²) in [5.74, 6) is -0.770. The quantitative estimate of drug-likeness (QED) is 0.395. The van der Waals surface area contributed by atoms with Gasteiger partial charge in [-0.05, 0) is 30.7 Å². The van der Waals surface area contributed by atoms with E-state index in [-0.39, 0.29) is 30.1 Å². The molecule has 0 radical (unpaired) electrons. The maximum Gasteiger partial charge on any atom is 0.419 e. The molecule has 28 heavy (non-hydrogen) atoms. The highest BCUT2D eigenvalue weighted by Crippen LogP contribution is 2.28. The van der Waals surface area contributed by atoms with E-state index in [0.717, 1.165) is 4.47 Å². The number of nitrogens with zero attached hydrogens (tertiary/aromatic N) is 3. The molecule has 0 aliphatic heterocycles. The van der Waals surface area contributed by atoms with Crippen LogP contribution in [0.4, 0.5) is 11.4 Å². The highest BCUT2D eigenvalue weighted by molar-refractivity contribution is 9.10. The number of halogens is 2. The van der Waals surface area contributed by atoms with E-state index < -0.39 is 10.7 Å². The molecular formula is C18H15BrClN3O5. The van der Waals surface area contributed by atoms with Crippen LogP contribution in [0.15, 0.2) is 50.1 Å². The fourth-order valence-corrected chi connectivity index (χ4v) is 3.62. The second-order valence-electron chi connectivity index (χ2n) is 6.08. The van der Waals surface area contributed by atoms with Crippen LogP contribution in [0.5, 0.6) is 0 Å². The molecule has 0 fully saturated rings. The third-order valence-corrected chi connectivity index (χ3v) is 5.08. The number of benzene rings is 2. The molecule has 0 atom stereocenters. The van der Waals surface area contributed by atoms with Gasteiger partial charge in [0.1, 0.15) is 0 Å². The van der Waals surface area contributed by atoms with E-state index in [1.807, 2.05) is 0 Å². The summed E-state index contributed by atoms with van der Waals surface area (Å²) in [5, 5.41) is 11.3. The summed E-state index contributed by atoms with van der Waals surface area (Å²) in [6.45, 7) is 0.247. The van der Waals surface area contributed by atoms with Crippen molar-refractivity contribution in [2.45, 2.75) is 19.4 Å². The number of fused-ring (bicyclic) bond motifs is 1. The highest BCUT2D eigenvalue weighted by atomic mass is 79.9. The molecule has 0 saturated heterocycles. The van der Waals surface area contributed by atoms with Crippen molar-refractivity contribution in [3.05, 3.63) is 66.6 Å². The first-order valence-electron chi connectivity index (χ1n) is 8.27. The number of nitro groups is 1. The summed E-state index contributed by atoms with van der Waals surface area (Å²) in [4.78, 5) is 36.2. The molecule has 146 valence electrons. The molecule has 3 rings (SSSR count). The molecule has 0 aliphatic carbocycles. The molecule has 2 aromatic carbocycles. The predicted molar refractivity (Wildman–Crippen MR) is 109 cm³/mol. The van der Waals surface area contributed by atoms with Crippen LogP contribution in [-0.4, -0.2) is 22.4 Å². The van der Waals surface area contributed by atoms with E-state index in [2.05, 4.69) is 15.9 Å². The van der Waals surface area contributed by atoms with E-state index in [1.165, 1.54) is 27.7 Å². The Morgan fingerprint density at radius 1 is 1.32 bits per heavy atom. The summed E-state index contributed by atoms with van der Waals surface area (Å²) >= 11 is 9.49. The van der Waals surface area contributed by atoms with Crippen molar-refractivity contribution < 1.29 is 14.1 Å². The Balaban J connectivity index is 1.69. The van der Waals surface area contributed by atoms with Crippen LogP contribution in [0.3, 0.4) is 0 Å². The molecule has 0 saturated carbocycles. The number of aromatic nitrogens is 1. The maximum absolute atomic E-state index is 12.4. The lowest BCUT2D eigenvalue weighted by Crippen LogP contribution is -2.26. The number of hydrogen-bond donors (Lipinski definition) is 0. The van der Waals surface area contributed by atoms with Crippen LogP contribution in [0, 0.1) is 10.1 Å². The van der Waals surface area contributed by atoms with Gasteiger partial charge in [0.2, 0.25) is 5.91 Å². The molecule has 3 aromatic rings. The number of carbonyl (C=O) groups is 1. The Labute approximate surface area is 172 Å². The van der Waals surface area contributed by atoms with Gasteiger partial charge >= 0.3 is 5.76 Å². The van der Waals surface area contributed by atoms with E-state index in [0.29, 0.717) is 22.6 Å². The summed E-state index contributed by atoms with van der Waals surface area (Å²) in [6, 6.07) is 9.22. The van der Waals surface area contributed by atoms with Crippen molar-refractivity contribution in [2.24, 2.45) is 0 Å². The molecule has 10 heteroatoms. The van der Waals surface area contributed by atoms with Gasteiger partial charge in [0, 0.05) is 30.6 Å². The lowest BCUT2D eigenvalue weighted by molar-refractivity contribution is -0.384. The van der Waals surface area contributed by atoms with Crippen LogP contribution < -0.4 is 10.7 Å². The first-order chi connectivity index (χ1) is 13.3. The minimum Gasteiger partial charge on any atom is -0.407 e. The van der Waals surface area contributed by atoms with E-state index in [1.54, 1.807) is 25.2 Å². The number of nitro benzene ring substituents is 1. The SMILES string of the molecule is CN(C(=O)CCCn1c(=O)oc2cc([N+](=O)[O-])ccc21)c1ccc(Br)cc1Cl. The van der Waals surface area contributed by atoms with E-state index >= 15 is 0 Å². The molecular weight excluding hydrogens is 454 g/mol. The zero-order valence-electron chi connectivity index (χ0n) is 14.7. The van der Waals surface area contributed by atoms with Crippen LogP contribution in [0.2, 0.25) is 5.02 Å². The van der Waals surface area contributed by atoms with Crippen LogP contribution in [0.25, 0.3) is 11.1 Å². The molecule has 1 aromatic heterocycles. The van der Waals surface area contributed by atoms with Crippen molar-refractivity contribution in [2.75, 3.05) is 11.9 Å². The molecule has 0 bridgehead atoms. The molecule has 0 N–H and O–H groups in total. The lowest BCUT2D eigenvalue weighted by Gasteiger charge is -2.19. The third-order valence-electron chi connectivity index (χ3n) is 4.28. The van der Waals surface area contributed by atoms with Gasteiger partial charge in [0.25, 0.3) is 5.69 Å². The number of oxazole rings is 1. The Kier molecular flexibility index (Phi) is 5.85. The van der Waals surface area contributed by atoms with Gasteiger partial charge in [-0.25, -0.2) is 4.79 Å². The lowest BCUT2D eigenvalue weighted by atomic mass is 10.2. The summed E-state index contributed by atoms with van der Waals surface area (Å²) in [6.07, 6.45) is 0.581. The smallest absolute Gasteiger partial charge is 0.407 e. The largest absolute Gasteiger partial charge is 0.419 e. The number of non-ortho nitro benzene ring substituents is 1. The first-order valence-corrected chi connectivity index (χ1v) is 9.44. The van der Waals surface area contributed by atoms with Crippen molar-refractivity contribution in [1.29, 1.82) is 0 Å². The fraction of sp³-hybridized carbons (Fsp3) is 0.222. The number of aryl methyl sites for hydroxylation is 1. The predicted octanol–water partition coefficient (Wildman–Crippen LogP) is 4.36. The van der Waals surface area contributed by atoms with Gasteiger partial charge in [-0.15, -0.1) is 0 Å². The van der Waals surface area contributed by atoms with Gasteiger partial charge in [-0.1, -0.05) is 27.5 Å². The highest BCUT2D eigenvalue weighted by Gasteiger charge is 2.16. The van der Waals surface area contributed by atoms with Crippen molar-refractivity contribution in [1.82, 2.24) is 4.57 Å². The van der Waals surface area contributed by atoms with E-state index in [4.69, 9.17) is 16.0 Å². The normalized spacial score (nSPS) is 11.0. The zero-order chi connectivity index (χ0) is 20.4. The van der Waals surface area contributed by atoms with Crippen LogP contribution >= 0.6 is 27.5 Å². The van der Waals surface area contributed by atoms with Crippen molar-refractivity contribution in [3.63, 3.8) is 0 Å². The number of anilines is 1. The minimum atomic E-state index is -0.618. The number of rotatable bonds is 6. The number of amides is 1. The van der Waals surface area contributed by atoms with Gasteiger partial charge < -0.3 is 9.32 Å². The van der Waals surface area contributed by atoms with Gasteiger partial charge in [0.15, 0.2) is 5.58 Å². The molecule has 0 unspecified atom stereocenters. The average molecular weight is 469 g/mol. The van der Waals surface area contributed by atoms with Crippen molar-refractivity contribution >= 4 is 55.9 Å². The van der Waals surface area contributed by atoms with Gasteiger partial charge in [-0.2, -0.15) is 0 Å². The number of carbonyl (C=O) groups excluding carboxylic acids is 1. The molecule has 1 amide bonds. The summed E-state index contributed by atoms with van der Waals surface area (Å²) in [7, 11) is 1.63. The number of hydrogen-bond acceptors (Lipinski definition) is 5. The minimum absolute atomic E-state index is 0.143. The van der Waals surface area contributed by atoms with Crippen LogP contribution in [-0.2, 0) is 11.3 Å². The van der Waals surface area contributed by atoms with Gasteiger partial charge in [-0.3, -0.25) is 19.5 Å². The summed E-state index contributed by atoms with van der Waals surface area (Å²) < 4.78 is 7.25. The van der Waals surface area contributed by atoms with Crippen molar-refractivity contribution in [3.8, 4) is 0 Å². The fourth-order valence-electron chi connectivity index (χ4n) is 2.82. The summed E-state index contributed by atoms with van der Waals surface area (Å²) in [5.41, 5.74) is 1.03. The molecule has 0 spiro atoms. The standard InChI is InChI=1S/C18H15BrClN3O5/c1-21(14-6-4-11(19)9-13(14)20)17(24)3-2-8-22-15-7-5-12(23(26)27)10-16(15)28-18(22)25/h4-7,9-10H,2-3,8H2,1H3. The van der Waals surface area contributed by atoms with Crippen LogP contribution in [0.1, 0.15) is 12.8 Å². The monoisotopic (exact) mass is 467 g/mol. The Hall–Kier alpha value is -2.65. The van der Waals surface area contributed by atoms with E-state index in [9.17, 15) is 19.7 Å². The second-order valence-corrected chi connectivity index (χ2v) is 7.40. The first kappa shape index (κ1) is 20.1. The van der Waals surface area contributed by atoms with Gasteiger partial charge in [0.05, 0.1) is 27.2 Å². The molecule has 8 nitrogen and oxygen atoms in total. The maximum atomic E-state index is 12.4. The topological polar surface area (TPSA) is 98.6 Å². The third kappa shape index (κ3) is 4.10. The Morgan fingerprint density at radius 2 is 2.07 bits per heavy atom. The Morgan fingerprint density at radius 3 is 2.75 bits per heavy atom.